The Morgan fingerprint density at radius 2 is 2.14 bits per heavy atom. The first-order chi connectivity index (χ1) is 10.3. The molecule has 0 amide bonds. The van der Waals surface area contributed by atoms with Gasteiger partial charge in [0.2, 0.25) is 0 Å². The Morgan fingerprint density at radius 3 is 2.73 bits per heavy atom. The van der Waals surface area contributed by atoms with Crippen LogP contribution in [0.2, 0.25) is 0 Å². The molecule has 1 heterocycles. The predicted octanol–water partition coefficient (Wildman–Crippen LogP) is 3.01. The number of nitrogens with zero attached hydrogens (tertiary/aromatic N) is 2. The van der Waals surface area contributed by atoms with Gasteiger partial charge in [0.25, 0.3) is 0 Å². The van der Waals surface area contributed by atoms with Crippen LogP contribution in [0.5, 0.6) is 0 Å². The number of benzene rings is 1. The minimum absolute atomic E-state index is 0.201. The summed E-state index contributed by atoms with van der Waals surface area (Å²) in [6.07, 6.45) is 5.30. The molecule has 0 radical (unpaired) electrons. The molecule has 122 valence electrons. The maximum atomic E-state index is 11.8. The number of hydrogen-bond acceptors (Lipinski definition) is 5. The molecule has 22 heavy (non-hydrogen) atoms. The van der Waals surface area contributed by atoms with Crippen LogP contribution in [-0.2, 0) is 9.84 Å². The Balaban J connectivity index is 2.44. The smallest absolute Gasteiger partial charge is 0.311 e. The van der Waals surface area contributed by atoms with Crippen molar-refractivity contribution < 1.29 is 13.3 Å². The largest absolute Gasteiger partial charge is 0.366 e. The van der Waals surface area contributed by atoms with E-state index in [9.17, 15) is 18.5 Å². The monoisotopic (exact) mass is 326 g/mol. The number of hydrogen-bond donors (Lipinski definition) is 0. The molecule has 0 saturated carbocycles. The number of rotatable bonds is 5. The quantitative estimate of drug-likeness (QED) is 0.614. The van der Waals surface area contributed by atoms with Crippen molar-refractivity contribution in [3.05, 3.63) is 28.3 Å². The summed E-state index contributed by atoms with van der Waals surface area (Å²) in [5, 5.41) is 11.5. The van der Waals surface area contributed by atoms with E-state index in [1.807, 2.05) is 4.90 Å². The molecule has 0 aromatic heterocycles. The van der Waals surface area contributed by atoms with Crippen molar-refractivity contribution in [3.8, 4) is 0 Å². The van der Waals surface area contributed by atoms with Gasteiger partial charge in [-0.05, 0) is 37.3 Å². The van der Waals surface area contributed by atoms with Gasteiger partial charge in [-0.15, -0.1) is 0 Å². The lowest BCUT2D eigenvalue weighted by atomic mass is 9.93. The minimum Gasteiger partial charge on any atom is -0.366 e. The van der Waals surface area contributed by atoms with E-state index in [1.165, 1.54) is 6.07 Å². The molecule has 1 atom stereocenters. The Bertz CT molecular complexity index is 656. The summed E-state index contributed by atoms with van der Waals surface area (Å²) in [6.45, 7) is 3.61. The van der Waals surface area contributed by atoms with Gasteiger partial charge < -0.3 is 4.90 Å². The summed E-state index contributed by atoms with van der Waals surface area (Å²) >= 11 is 0. The molecule has 1 aromatic rings. The fourth-order valence-corrected chi connectivity index (χ4v) is 4.03. The summed E-state index contributed by atoms with van der Waals surface area (Å²) in [5.41, 5.74) is 0.135. The zero-order chi connectivity index (χ0) is 16.3. The lowest BCUT2D eigenvalue weighted by molar-refractivity contribution is -0.387. The van der Waals surface area contributed by atoms with E-state index >= 15 is 0 Å². The maximum Gasteiger partial charge on any atom is 0.311 e. The molecular weight excluding hydrogens is 304 g/mol. The standard InChI is InChI=1S/C15H22N2O4S/c1-3-6-12-7-5-10-16(11-12)13-8-4-9-14(22(2,20)21)15(13)17(18)19/h4,8-9,12H,3,5-7,10-11H2,1-2H3. The second-order valence-electron chi connectivity index (χ2n) is 5.90. The SMILES string of the molecule is CCCC1CCCN(c2cccc(S(C)(=O)=O)c2[N+](=O)[O-])C1. The Morgan fingerprint density at radius 1 is 1.41 bits per heavy atom. The molecule has 0 aliphatic carbocycles. The third kappa shape index (κ3) is 3.58. The molecule has 0 N–H and O–H groups in total. The number of sulfone groups is 1. The van der Waals surface area contributed by atoms with Crippen LogP contribution in [0, 0.1) is 16.0 Å². The highest BCUT2D eigenvalue weighted by atomic mass is 32.2. The van der Waals surface area contributed by atoms with Crippen LogP contribution in [-0.4, -0.2) is 32.7 Å². The summed E-state index contributed by atoms with van der Waals surface area (Å²) in [4.78, 5) is 12.6. The van der Waals surface area contributed by atoms with Crippen LogP contribution in [0.4, 0.5) is 11.4 Å². The van der Waals surface area contributed by atoms with E-state index in [-0.39, 0.29) is 10.6 Å². The van der Waals surface area contributed by atoms with Gasteiger partial charge in [-0.2, -0.15) is 0 Å². The van der Waals surface area contributed by atoms with Crippen molar-refractivity contribution in [1.82, 2.24) is 0 Å². The fourth-order valence-electron chi connectivity index (χ4n) is 3.18. The van der Waals surface area contributed by atoms with Gasteiger partial charge in [0.15, 0.2) is 9.84 Å². The molecule has 1 aliphatic heterocycles. The van der Waals surface area contributed by atoms with E-state index < -0.39 is 14.8 Å². The fraction of sp³-hybridized carbons (Fsp3) is 0.600. The van der Waals surface area contributed by atoms with E-state index in [0.717, 1.165) is 45.0 Å². The maximum absolute atomic E-state index is 11.8. The third-order valence-electron chi connectivity index (χ3n) is 4.12. The molecule has 0 bridgehead atoms. The Labute approximate surface area is 131 Å². The molecular formula is C15H22N2O4S. The van der Waals surface area contributed by atoms with Crippen molar-refractivity contribution in [2.45, 2.75) is 37.5 Å². The van der Waals surface area contributed by atoms with E-state index in [0.29, 0.717) is 11.6 Å². The molecule has 1 unspecified atom stereocenters. The van der Waals surface area contributed by atoms with E-state index in [2.05, 4.69) is 6.92 Å². The lowest BCUT2D eigenvalue weighted by Gasteiger charge is -2.34. The molecule has 1 aromatic carbocycles. The molecule has 1 fully saturated rings. The van der Waals surface area contributed by atoms with Crippen molar-refractivity contribution >= 4 is 21.2 Å². The summed E-state index contributed by atoms with van der Waals surface area (Å²) in [6, 6.07) is 4.55. The predicted molar refractivity (Wildman–Crippen MR) is 86.1 cm³/mol. The number of para-hydroxylation sites is 1. The molecule has 7 heteroatoms. The van der Waals surface area contributed by atoms with Crippen LogP contribution in [0.15, 0.2) is 23.1 Å². The Hall–Kier alpha value is -1.63. The van der Waals surface area contributed by atoms with Gasteiger partial charge in [-0.3, -0.25) is 10.1 Å². The van der Waals surface area contributed by atoms with Gasteiger partial charge in [-0.25, -0.2) is 8.42 Å². The summed E-state index contributed by atoms with van der Waals surface area (Å²) < 4.78 is 23.7. The zero-order valence-corrected chi connectivity index (χ0v) is 13.8. The second-order valence-corrected chi connectivity index (χ2v) is 7.88. The lowest BCUT2D eigenvalue weighted by Crippen LogP contribution is -2.35. The van der Waals surface area contributed by atoms with Crippen LogP contribution in [0.3, 0.4) is 0 Å². The first-order valence-corrected chi connectivity index (χ1v) is 9.46. The highest BCUT2D eigenvalue weighted by Crippen LogP contribution is 2.37. The number of nitro groups is 1. The highest BCUT2D eigenvalue weighted by Gasteiger charge is 2.30. The van der Waals surface area contributed by atoms with Crippen LogP contribution < -0.4 is 4.90 Å². The Kier molecular flexibility index (Phi) is 5.05. The van der Waals surface area contributed by atoms with Crippen LogP contribution in [0.1, 0.15) is 32.6 Å². The van der Waals surface area contributed by atoms with Gasteiger partial charge >= 0.3 is 5.69 Å². The molecule has 1 aliphatic rings. The minimum atomic E-state index is -3.63. The van der Waals surface area contributed by atoms with E-state index in [1.54, 1.807) is 12.1 Å². The topological polar surface area (TPSA) is 80.5 Å². The molecule has 2 rings (SSSR count). The number of piperidine rings is 1. The van der Waals surface area contributed by atoms with Gasteiger partial charge in [-0.1, -0.05) is 19.4 Å². The summed E-state index contributed by atoms with van der Waals surface area (Å²) in [5.74, 6) is 0.514. The van der Waals surface area contributed by atoms with Gasteiger partial charge in [0.05, 0.1) is 4.92 Å². The van der Waals surface area contributed by atoms with E-state index in [4.69, 9.17) is 0 Å². The number of nitro benzene ring substituents is 1. The first-order valence-electron chi connectivity index (χ1n) is 7.57. The second kappa shape index (κ2) is 6.64. The van der Waals surface area contributed by atoms with Crippen LogP contribution >= 0.6 is 0 Å². The highest BCUT2D eigenvalue weighted by molar-refractivity contribution is 7.90. The van der Waals surface area contributed by atoms with Crippen LogP contribution in [0.25, 0.3) is 0 Å². The van der Waals surface area contributed by atoms with Crippen molar-refractivity contribution in [2.24, 2.45) is 5.92 Å². The third-order valence-corrected chi connectivity index (χ3v) is 5.24. The average Bonchev–Trinajstić information content (AvgIpc) is 2.46. The number of anilines is 1. The molecule has 6 nitrogen and oxygen atoms in total. The van der Waals surface area contributed by atoms with Crippen molar-refractivity contribution in [3.63, 3.8) is 0 Å². The zero-order valence-electron chi connectivity index (χ0n) is 13.0. The van der Waals surface area contributed by atoms with Crippen molar-refractivity contribution in [1.29, 1.82) is 0 Å². The normalized spacial score (nSPS) is 19.2. The first kappa shape index (κ1) is 16.7. The van der Waals surface area contributed by atoms with Crippen molar-refractivity contribution in [2.75, 3.05) is 24.2 Å². The molecule has 0 spiro atoms. The van der Waals surface area contributed by atoms with Gasteiger partial charge in [0.1, 0.15) is 10.6 Å². The van der Waals surface area contributed by atoms with Gasteiger partial charge in [0, 0.05) is 19.3 Å². The average molecular weight is 326 g/mol. The summed E-state index contributed by atoms with van der Waals surface area (Å²) in [7, 11) is -3.63. The molecule has 1 saturated heterocycles.